The predicted octanol–water partition coefficient (Wildman–Crippen LogP) is 0.745. The zero-order valence-electron chi connectivity index (χ0n) is 5.64. The van der Waals surface area contributed by atoms with E-state index in [-0.39, 0.29) is 5.56 Å². The lowest BCUT2D eigenvalue weighted by atomic mass is 10.2. The van der Waals surface area contributed by atoms with E-state index in [1.54, 1.807) is 18.2 Å². The van der Waals surface area contributed by atoms with Crippen LogP contribution in [0.3, 0.4) is 0 Å². The van der Waals surface area contributed by atoms with Gasteiger partial charge >= 0.3 is 5.91 Å². The van der Waals surface area contributed by atoms with E-state index >= 15 is 0 Å². The van der Waals surface area contributed by atoms with Gasteiger partial charge in [-0.3, -0.25) is 0 Å². The number of nitrogens with zero attached hydrogens (tertiary/aromatic N) is 1. The molecule has 1 radical (unpaired) electrons. The highest BCUT2D eigenvalue weighted by atomic mass is 16.8. The molecule has 0 bridgehead atoms. The maximum absolute atomic E-state index is 10.8. The highest BCUT2D eigenvalue weighted by Gasteiger charge is 2.24. The van der Waals surface area contributed by atoms with Crippen LogP contribution >= 0.6 is 0 Å². The number of benzene rings is 1. The van der Waals surface area contributed by atoms with Crippen molar-refractivity contribution in [3.63, 3.8) is 0 Å². The Kier molecular flexibility index (Phi) is 2.32. The van der Waals surface area contributed by atoms with Gasteiger partial charge in [0.25, 0.3) is 0 Å². The van der Waals surface area contributed by atoms with Crippen molar-refractivity contribution in [2.24, 2.45) is 0 Å². The number of amides is 1. The van der Waals surface area contributed by atoms with E-state index in [1.807, 2.05) is 0 Å². The SMILES string of the molecule is O=C(c1ccccc1)[N+](O)O. The third-order valence-corrected chi connectivity index (χ3v) is 1.20. The van der Waals surface area contributed by atoms with Gasteiger partial charge in [-0.15, -0.1) is 10.4 Å². The lowest BCUT2D eigenvalue weighted by molar-refractivity contribution is -0.165. The Balaban J connectivity index is 2.86. The van der Waals surface area contributed by atoms with E-state index in [0.717, 1.165) is 0 Å². The van der Waals surface area contributed by atoms with Crippen LogP contribution in [0.5, 0.6) is 0 Å². The predicted molar refractivity (Wildman–Crippen MR) is 36.5 cm³/mol. The third-order valence-electron chi connectivity index (χ3n) is 1.20. The fourth-order valence-electron chi connectivity index (χ4n) is 0.696. The number of hydrogen-bond donors (Lipinski definition) is 2. The molecule has 0 atom stereocenters. The summed E-state index contributed by atoms with van der Waals surface area (Å²) in [5, 5.41) is 16.2. The second-order valence-electron chi connectivity index (χ2n) is 1.96. The molecule has 0 heterocycles. The highest BCUT2D eigenvalue weighted by molar-refractivity contribution is 5.94. The van der Waals surface area contributed by atoms with Crippen LogP contribution in [0.15, 0.2) is 30.3 Å². The topological polar surface area (TPSA) is 63.4 Å². The number of carbonyl (C=O) groups excluding carboxylic acids is 1. The summed E-state index contributed by atoms with van der Waals surface area (Å²) in [6.07, 6.45) is 0. The average Bonchev–Trinajstić information content (AvgIpc) is 2.05. The maximum atomic E-state index is 10.8. The number of carbonyl (C=O) groups is 1. The number of hydroxylamine groups is 2. The summed E-state index contributed by atoms with van der Waals surface area (Å²) < 4.78 is 0. The second-order valence-corrected chi connectivity index (χ2v) is 1.96. The average molecular weight is 153 g/mol. The molecule has 4 heteroatoms. The van der Waals surface area contributed by atoms with E-state index in [9.17, 15) is 4.79 Å². The van der Waals surface area contributed by atoms with E-state index < -0.39 is 11.1 Å². The largest absolute Gasteiger partial charge is 0.469 e. The molecular weight excluding hydrogens is 146 g/mol. The molecule has 1 aromatic rings. The molecule has 0 aromatic heterocycles. The normalized spacial score (nSPS) is 10.1. The van der Waals surface area contributed by atoms with Crippen molar-refractivity contribution in [2.45, 2.75) is 0 Å². The Labute approximate surface area is 63.2 Å². The van der Waals surface area contributed by atoms with Crippen molar-refractivity contribution in [3.8, 4) is 0 Å². The van der Waals surface area contributed by atoms with Gasteiger partial charge in [0, 0.05) is 0 Å². The van der Waals surface area contributed by atoms with Gasteiger partial charge in [0.15, 0.2) is 0 Å². The van der Waals surface area contributed by atoms with Gasteiger partial charge in [-0.05, 0) is 12.1 Å². The molecule has 0 aliphatic rings. The Morgan fingerprint density at radius 2 is 1.73 bits per heavy atom. The van der Waals surface area contributed by atoms with Crippen molar-refractivity contribution in [2.75, 3.05) is 0 Å². The minimum absolute atomic E-state index is 0.234. The molecule has 1 aromatic carbocycles. The van der Waals surface area contributed by atoms with E-state index in [0.29, 0.717) is 0 Å². The van der Waals surface area contributed by atoms with Crippen LogP contribution < -0.4 is 5.23 Å². The van der Waals surface area contributed by atoms with Gasteiger partial charge in [-0.25, -0.2) is 4.79 Å². The third kappa shape index (κ3) is 1.84. The van der Waals surface area contributed by atoms with Crippen molar-refractivity contribution in [3.05, 3.63) is 35.9 Å². The molecule has 11 heavy (non-hydrogen) atoms. The summed E-state index contributed by atoms with van der Waals surface area (Å²) >= 11 is 0. The lowest BCUT2D eigenvalue weighted by Crippen LogP contribution is -2.29. The Hall–Kier alpha value is -1.23. The first-order chi connectivity index (χ1) is 5.22. The van der Waals surface area contributed by atoms with Crippen LogP contribution in [-0.2, 0) is 0 Å². The van der Waals surface area contributed by atoms with Gasteiger partial charge in [0.2, 0.25) is 5.23 Å². The maximum Gasteiger partial charge on any atom is 0.469 e. The minimum Gasteiger partial charge on any atom is -0.212 e. The standard InChI is InChI=1S/C7H7NO3/c9-7(8(10)11)6-4-2-1-3-5-6/h1-5,10-11H/q+1. The molecule has 0 unspecified atom stereocenters. The fraction of sp³-hybridized carbons (Fsp3) is 0. The second kappa shape index (κ2) is 3.25. The Morgan fingerprint density at radius 3 is 2.18 bits per heavy atom. The molecule has 0 aliphatic heterocycles. The van der Waals surface area contributed by atoms with Crippen LogP contribution in [-0.4, -0.2) is 16.3 Å². The van der Waals surface area contributed by atoms with Crippen LogP contribution in [0.2, 0.25) is 0 Å². The smallest absolute Gasteiger partial charge is 0.212 e. The molecule has 1 rings (SSSR count). The number of hydrogen-bond acceptors (Lipinski definition) is 3. The molecule has 0 aliphatic carbocycles. The molecule has 57 valence electrons. The molecule has 1 amide bonds. The van der Waals surface area contributed by atoms with Crippen molar-refractivity contribution < 1.29 is 15.2 Å². The molecular formula is C7H7NO3+. The van der Waals surface area contributed by atoms with Gasteiger partial charge in [-0.2, -0.15) is 0 Å². The molecule has 0 fully saturated rings. The zero-order valence-corrected chi connectivity index (χ0v) is 5.64. The lowest BCUT2D eigenvalue weighted by Gasteiger charge is -1.90. The summed E-state index contributed by atoms with van der Waals surface area (Å²) in [6.45, 7) is 0. The molecule has 2 N–H and O–H groups in total. The summed E-state index contributed by atoms with van der Waals surface area (Å²) in [6, 6.07) is 7.98. The Morgan fingerprint density at radius 1 is 1.18 bits per heavy atom. The van der Waals surface area contributed by atoms with Crippen molar-refractivity contribution in [1.29, 1.82) is 0 Å². The van der Waals surface area contributed by atoms with Gasteiger partial charge in [0.1, 0.15) is 0 Å². The first-order valence-electron chi connectivity index (χ1n) is 2.99. The number of rotatable bonds is 1. The summed E-state index contributed by atoms with van der Waals surface area (Å²) in [5.41, 5.74) is 0.234. The fourth-order valence-corrected chi connectivity index (χ4v) is 0.696. The first kappa shape index (κ1) is 7.87. The van der Waals surface area contributed by atoms with Crippen LogP contribution in [0.4, 0.5) is 0 Å². The Bertz CT molecular complexity index is 245. The summed E-state index contributed by atoms with van der Waals surface area (Å²) in [7, 11) is 0. The van der Waals surface area contributed by atoms with Crippen molar-refractivity contribution in [1.82, 2.24) is 5.23 Å². The van der Waals surface area contributed by atoms with E-state index in [1.165, 1.54) is 12.1 Å². The molecule has 0 spiro atoms. The molecule has 4 nitrogen and oxygen atoms in total. The molecule has 0 saturated carbocycles. The quantitative estimate of drug-likeness (QED) is 0.462. The minimum atomic E-state index is -0.842. The van der Waals surface area contributed by atoms with E-state index in [2.05, 4.69) is 0 Å². The van der Waals surface area contributed by atoms with Gasteiger partial charge < -0.3 is 0 Å². The van der Waals surface area contributed by atoms with Gasteiger partial charge in [0.05, 0.1) is 5.56 Å². The molecule has 0 saturated heterocycles. The van der Waals surface area contributed by atoms with Crippen molar-refractivity contribution >= 4 is 5.91 Å². The zero-order chi connectivity index (χ0) is 8.27. The first-order valence-corrected chi connectivity index (χ1v) is 2.99. The highest BCUT2D eigenvalue weighted by Crippen LogP contribution is 1.98. The van der Waals surface area contributed by atoms with E-state index in [4.69, 9.17) is 10.4 Å². The van der Waals surface area contributed by atoms with Crippen LogP contribution in [0.1, 0.15) is 10.4 Å². The summed E-state index contributed by atoms with van der Waals surface area (Å²) in [4.78, 5) is 10.8. The summed E-state index contributed by atoms with van der Waals surface area (Å²) in [5.74, 6) is -0.842. The monoisotopic (exact) mass is 153 g/mol. The van der Waals surface area contributed by atoms with Crippen LogP contribution in [0, 0.1) is 0 Å². The van der Waals surface area contributed by atoms with Gasteiger partial charge in [-0.1, -0.05) is 18.2 Å². The van der Waals surface area contributed by atoms with Crippen LogP contribution in [0.25, 0.3) is 0 Å².